The zero-order chi connectivity index (χ0) is 15.1. The third-order valence-corrected chi connectivity index (χ3v) is 3.78. The molecule has 0 fully saturated rings. The number of rotatable bonds is 4. The number of nitrogens with zero attached hydrogens (tertiary/aromatic N) is 1. The molecule has 0 aliphatic carbocycles. The van der Waals surface area contributed by atoms with Gasteiger partial charge in [0.1, 0.15) is 12.4 Å². The molecule has 0 amide bonds. The maximum absolute atomic E-state index is 8.93. The van der Waals surface area contributed by atoms with Crippen LogP contribution in [0.1, 0.15) is 28.0 Å². The lowest BCUT2D eigenvalue weighted by Gasteiger charge is -2.08. The number of hydrogen-bond donors (Lipinski definition) is 1. The lowest BCUT2D eigenvalue weighted by molar-refractivity contribution is 0.305. The van der Waals surface area contributed by atoms with E-state index in [4.69, 9.17) is 15.1 Å². The predicted molar refractivity (Wildman–Crippen MR) is 83.1 cm³/mol. The minimum Gasteiger partial charge on any atom is -0.488 e. The van der Waals surface area contributed by atoms with Gasteiger partial charge in [-0.05, 0) is 36.1 Å². The van der Waals surface area contributed by atoms with Crippen molar-refractivity contribution in [3.05, 3.63) is 51.2 Å². The molecule has 0 atom stereocenters. The largest absolute Gasteiger partial charge is 0.488 e. The molecule has 1 aromatic carbocycles. The van der Waals surface area contributed by atoms with E-state index >= 15 is 0 Å². The maximum Gasteiger partial charge on any atom is 0.124 e. The second-order valence-corrected chi connectivity index (χ2v) is 5.41. The van der Waals surface area contributed by atoms with Crippen molar-refractivity contribution in [2.75, 3.05) is 6.61 Å². The zero-order valence-corrected chi connectivity index (χ0v) is 12.5. The SMILES string of the molecule is Cc1ccc(C#N)cc1OCc1sccc1C#CCCO. The van der Waals surface area contributed by atoms with E-state index in [1.54, 1.807) is 23.5 Å². The molecule has 1 N–H and O–H groups in total. The molecule has 0 bridgehead atoms. The predicted octanol–water partition coefficient (Wildman–Crippen LogP) is 3.24. The van der Waals surface area contributed by atoms with Gasteiger partial charge >= 0.3 is 0 Å². The fraction of sp³-hybridized carbons (Fsp3) is 0.235. The molecule has 3 nitrogen and oxygen atoms in total. The van der Waals surface area contributed by atoms with E-state index in [-0.39, 0.29) is 6.61 Å². The van der Waals surface area contributed by atoms with Gasteiger partial charge in [0, 0.05) is 12.0 Å². The highest BCUT2D eigenvalue weighted by Gasteiger charge is 2.06. The van der Waals surface area contributed by atoms with Crippen molar-refractivity contribution in [2.24, 2.45) is 0 Å². The number of aryl methyl sites for hydroxylation is 1. The van der Waals surface area contributed by atoms with Gasteiger partial charge in [-0.1, -0.05) is 17.9 Å². The third kappa shape index (κ3) is 4.10. The number of benzene rings is 1. The molecule has 0 saturated carbocycles. The fourth-order valence-electron chi connectivity index (χ4n) is 1.75. The van der Waals surface area contributed by atoms with Crippen LogP contribution in [0.4, 0.5) is 0 Å². The molecule has 1 heterocycles. The summed E-state index contributed by atoms with van der Waals surface area (Å²) in [6.45, 7) is 2.45. The Morgan fingerprint density at radius 2 is 2.19 bits per heavy atom. The molecular formula is C17H15NO2S. The van der Waals surface area contributed by atoms with Crippen LogP contribution in [0.25, 0.3) is 0 Å². The van der Waals surface area contributed by atoms with Crippen LogP contribution in [0.2, 0.25) is 0 Å². The van der Waals surface area contributed by atoms with Gasteiger partial charge in [0.15, 0.2) is 0 Å². The normalized spacial score (nSPS) is 9.57. The summed E-state index contributed by atoms with van der Waals surface area (Å²) in [5.74, 6) is 6.67. The summed E-state index contributed by atoms with van der Waals surface area (Å²) >= 11 is 1.59. The topological polar surface area (TPSA) is 53.2 Å². The van der Waals surface area contributed by atoms with Crippen molar-refractivity contribution in [1.82, 2.24) is 0 Å². The highest BCUT2D eigenvalue weighted by Crippen LogP contribution is 2.23. The van der Waals surface area contributed by atoms with E-state index in [1.165, 1.54) is 0 Å². The van der Waals surface area contributed by atoms with E-state index < -0.39 is 0 Å². The molecule has 0 unspecified atom stereocenters. The monoisotopic (exact) mass is 297 g/mol. The van der Waals surface area contributed by atoms with Crippen molar-refractivity contribution in [1.29, 1.82) is 5.26 Å². The van der Waals surface area contributed by atoms with Crippen LogP contribution >= 0.6 is 11.3 Å². The van der Waals surface area contributed by atoms with Gasteiger partial charge in [-0.25, -0.2) is 0 Å². The molecule has 2 aromatic rings. The van der Waals surface area contributed by atoms with Crippen LogP contribution in [0.3, 0.4) is 0 Å². The second-order valence-electron chi connectivity index (χ2n) is 4.41. The number of thiophene rings is 1. The quantitative estimate of drug-likeness (QED) is 0.881. The Morgan fingerprint density at radius 1 is 1.33 bits per heavy atom. The van der Waals surface area contributed by atoms with Crippen LogP contribution in [-0.4, -0.2) is 11.7 Å². The Morgan fingerprint density at radius 3 is 2.95 bits per heavy atom. The first-order valence-corrected chi connectivity index (χ1v) is 7.42. The molecule has 0 radical (unpaired) electrons. The van der Waals surface area contributed by atoms with E-state index in [1.807, 2.05) is 24.4 Å². The van der Waals surface area contributed by atoms with Crippen LogP contribution in [-0.2, 0) is 6.61 Å². The number of aliphatic hydroxyl groups is 1. The molecule has 0 saturated heterocycles. The number of ether oxygens (including phenoxy) is 1. The van der Waals surface area contributed by atoms with Crippen molar-refractivity contribution in [2.45, 2.75) is 20.0 Å². The molecule has 2 rings (SSSR count). The fourth-order valence-corrected chi connectivity index (χ4v) is 2.49. The van der Waals surface area contributed by atoms with Crippen molar-refractivity contribution in [3.63, 3.8) is 0 Å². The summed E-state index contributed by atoms with van der Waals surface area (Å²) in [6.07, 6.45) is 0.472. The number of aliphatic hydroxyl groups excluding tert-OH is 1. The third-order valence-electron chi connectivity index (χ3n) is 2.88. The second kappa shape index (κ2) is 7.50. The minimum atomic E-state index is 0.0725. The summed E-state index contributed by atoms with van der Waals surface area (Å²) in [4.78, 5) is 1.04. The van der Waals surface area contributed by atoms with Crippen LogP contribution in [0, 0.1) is 30.1 Å². The minimum absolute atomic E-state index is 0.0725. The first-order chi connectivity index (χ1) is 10.2. The van der Waals surface area contributed by atoms with E-state index in [9.17, 15) is 0 Å². The Labute approximate surface area is 128 Å². The smallest absolute Gasteiger partial charge is 0.124 e. The molecule has 21 heavy (non-hydrogen) atoms. The molecule has 0 spiro atoms. The maximum atomic E-state index is 8.93. The summed E-state index contributed by atoms with van der Waals surface area (Å²) in [5.41, 5.74) is 2.52. The van der Waals surface area contributed by atoms with Crippen LogP contribution in [0.15, 0.2) is 29.6 Å². The van der Waals surface area contributed by atoms with E-state index in [2.05, 4.69) is 17.9 Å². The summed E-state index contributed by atoms with van der Waals surface area (Å²) in [5, 5.41) is 19.6. The Hall–Kier alpha value is -2.27. The number of nitriles is 1. The van der Waals surface area contributed by atoms with Gasteiger partial charge < -0.3 is 9.84 Å². The van der Waals surface area contributed by atoms with E-state index in [0.717, 1.165) is 21.8 Å². The van der Waals surface area contributed by atoms with Gasteiger partial charge in [0.2, 0.25) is 0 Å². The summed E-state index contributed by atoms with van der Waals surface area (Å²) < 4.78 is 5.81. The number of hydrogen-bond acceptors (Lipinski definition) is 4. The molecular weight excluding hydrogens is 282 g/mol. The summed E-state index contributed by atoms with van der Waals surface area (Å²) in [7, 11) is 0. The molecule has 1 aromatic heterocycles. The Bertz CT molecular complexity index is 716. The van der Waals surface area contributed by atoms with Gasteiger partial charge in [-0.2, -0.15) is 5.26 Å². The lowest BCUT2D eigenvalue weighted by Crippen LogP contribution is -1.97. The zero-order valence-electron chi connectivity index (χ0n) is 11.7. The van der Waals surface area contributed by atoms with Crippen molar-refractivity contribution >= 4 is 11.3 Å². The van der Waals surface area contributed by atoms with Gasteiger partial charge in [-0.3, -0.25) is 0 Å². The average Bonchev–Trinajstić information content (AvgIpc) is 2.94. The highest BCUT2D eigenvalue weighted by molar-refractivity contribution is 7.10. The van der Waals surface area contributed by atoms with Crippen LogP contribution < -0.4 is 4.74 Å². The highest BCUT2D eigenvalue weighted by atomic mass is 32.1. The van der Waals surface area contributed by atoms with Gasteiger partial charge in [-0.15, -0.1) is 11.3 Å². The molecule has 106 valence electrons. The lowest BCUT2D eigenvalue weighted by atomic mass is 10.1. The molecule has 0 aliphatic heterocycles. The van der Waals surface area contributed by atoms with Crippen molar-refractivity contribution in [3.8, 4) is 23.7 Å². The van der Waals surface area contributed by atoms with Crippen molar-refractivity contribution < 1.29 is 9.84 Å². The Kier molecular flexibility index (Phi) is 5.40. The average molecular weight is 297 g/mol. The summed E-state index contributed by atoms with van der Waals surface area (Å²) in [6, 6.07) is 9.47. The van der Waals surface area contributed by atoms with Crippen LogP contribution in [0.5, 0.6) is 5.75 Å². The van der Waals surface area contributed by atoms with Gasteiger partial charge in [0.05, 0.1) is 23.1 Å². The standard InChI is InChI=1S/C17H15NO2S/c1-13-5-6-14(11-18)10-16(13)20-12-17-15(7-9-21-17)4-2-3-8-19/h5-7,9-10,19H,3,8,12H2,1H3. The Balaban J connectivity index is 2.09. The first-order valence-electron chi connectivity index (χ1n) is 6.54. The first kappa shape index (κ1) is 15.1. The molecule has 4 heteroatoms. The van der Waals surface area contributed by atoms with E-state index in [0.29, 0.717) is 18.6 Å². The molecule has 0 aliphatic rings. The van der Waals surface area contributed by atoms with Gasteiger partial charge in [0.25, 0.3) is 0 Å².